The number of hydrogen-bond acceptors (Lipinski definition) is 3. The zero-order chi connectivity index (χ0) is 14.7. The van der Waals surface area contributed by atoms with Gasteiger partial charge in [0.15, 0.2) is 0 Å². The third-order valence-electron chi connectivity index (χ3n) is 3.34. The molecule has 2 amide bonds. The van der Waals surface area contributed by atoms with Gasteiger partial charge in [0.25, 0.3) is 0 Å². The zero-order valence-corrected chi connectivity index (χ0v) is 11.9. The lowest BCUT2D eigenvalue weighted by atomic mass is 10.2. The summed E-state index contributed by atoms with van der Waals surface area (Å²) in [4.78, 5) is 15.8. The normalized spacial score (nSPS) is 13.6. The Labute approximate surface area is 123 Å². The average Bonchev–Trinajstić information content (AvgIpc) is 3.27. The molecule has 0 spiro atoms. The standard InChI is InChI=1S/C16H18N4O/c1-11-4-2-3-5-14(11)18-13-8-9-15(17-10-13)20-16(21)19-12-6-7-12/h2-5,8-10,12,18H,6-7H2,1H3,(H2,17,19,20,21). The van der Waals surface area contributed by atoms with E-state index in [1.807, 2.05) is 37.3 Å². The van der Waals surface area contributed by atoms with Crippen LogP contribution in [0.1, 0.15) is 18.4 Å². The molecule has 1 heterocycles. The molecule has 1 aliphatic carbocycles. The molecule has 5 nitrogen and oxygen atoms in total. The summed E-state index contributed by atoms with van der Waals surface area (Å²) in [5.41, 5.74) is 3.10. The van der Waals surface area contributed by atoms with E-state index in [4.69, 9.17) is 0 Å². The Morgan fingerprint density at radius 1 is 1.19 bits per heavy atom. The van der Waals surface area contributed by atoms with Gasteiger partial charge in [0, 0.05) is 11.7 Å². The van der Waals surface area contributed by atoms with Crippen molar-refractivity contribution in [3.05, 3.63) is 48.2 Å². The van der Waals surface area contributed by atoms with Gasteiger partial charge >= 0.3 is 6.03 Å². The zero-order valence-electron chi connectivity index (χ0n) is 11.9. The molecular formula is C16H18N4O. The molecule has 21 heavy (non-hydrogen) atoms. The predicted octanol–water partition coefficient (Wildman–Crippen LogP) is 3.42. The van der Waals surface area contributed by atoms with E-state index in [0.29, 0.717) is 11.9 Å². The molecule has 0 unspecified atom stereocenters. The Bertz CT molecular complexity index is 635. The van der Waals surface area contributed by atoms with Crippen molar-refractivity contribution in [3.8, 4) is 0 Å². The molecule has 5 heteroatoms. The summed E-state index contributed by atoms with van der Waals surface area (Å²) >= 11 is 0. The third-order valence-corrected chi connectivity index (χ3v) is 3.34. The topological polar surface area (TPSA) is 66.0 Å². The molecule has 2 aromatic rings. The number of nitrogens with zero attached hydrogens (tertiary/aromatic N) is 1. The first-order chi connectivity index (χ1) is 10.2. The monoisotopic (exact) mass is 282 g/mol. The predicted molar refractivity (Wildman–Crippen MR) is 83.9 cm³/mol. The van der Waals surface area contributed by atoms with Crippen LogP contribution in [-0.4, -0.2) is 17.1 Å². The van der Waals surface area contributed by atoms with Crippen molar-refractivity contribution in [2.45, 2.75) is 25.8 Å². The Morgan fingerprint density at radius 2 is 2.00 bits per heavy atom. The number of benzene rings is 1. The quantitative estimate of drug-likeness (QED) is 0.805. The maximum Gasteiger partial charge on any atom is 0.320 e. The fourth-order valence-corrected chi connectivity index (χ4v) is 1.98. The molecular weight excluding hydrogens is 264 g/mol. The lowest BCUT2D eigenvalue weighted by Crippen LogP contribution is -2.30. The molecule has 108 valence electrons. The fraction of sp³-hybridized carbons (Fsp3) is 0.250. The number of para-hydroxylation sites is 1. The van der Waals surface area contributed by atoms with E-state index < -0.39 is 0 Å². The van der Waals surface area contributed by atoms with Crippen molar-refractivity contribution < 1.29 is 4.79 Å². The Morgan fingerprint density at radius 3 is 2.67 bits per heavy atom. The molecule has 0 aliphatic heterocycles. The number of urea groups is 1. The van der Waals surface area contributed by atoms with Gasteiger partial charge < -0.3 is 10.6 Å². The number of hydrogen-bond donors (Lipinski definition) is 3. The minimum absolute atomic E-state index is 0.190. The summed E-state index contributed by atoms with van der Waals surface area (Å²) in [6.45, 7) is 2.05. The van der Waals surface area contributed by atoms with E-state index in [9.17, 15) is 4.79 Å². The van der Waals surface area contributed by atoms with Crippen LogP contribution in [0, 0.1) is 6.92 Å². The Balaban J connectivity index is 1.61. The first-order valence-electron chi connectivity index (χ1n) is 7.07. The van der Waals surface area contributed by atoms with Crippen LogP contribution in [0.2, 0.25) is 0 Å². The summed E-state index contributed by atoms with van der Waals surface area (Å²) in [5, 5.41) is 8.89. The maximum atomic E-state index is 11.6. The van der Waals surface area contributed by atoms with Crippen LogP contribution in [0.15, 0.2) is 42.6 Å². The molecule has 1 aliphatic rings. The smallest absolute Gasteiger partial charge is 0.320 e. The number of aryl methyl sites for hydroxylation is 1. The highest BCUT2D eigenvalue weighted by Crippen LogP contribution is 2.21. The number of pyridine rings is 1. The first kappa shape index (κ1) is 13.4. The number of carbonyl (C=O) groups excluding carboxylic acids is 1. The van der Waals surface area contributed by atoms with Gasteiger partial charge in [0.2, 0.25) is 0 Å². The second-order valence-corrected chi connectivity index (χ2v) is 5.24. The van der Waals surface area contributed by atoms with Gasteiger partial charge in [-0.25, -0.2) is 9.78 Å². The lowest BCUT2D eigenvalue weighted by Gasteiger charge is -2.10. The van der Waals surface area contributed by atoms with Gasteiger partial charge in [-0.05, 0) is 43.5 Å². The van der Waals surface area contributed by atoms with Crippen molar-refractivity contribution in [1.82, 2.24) is 10.3 Å². The third kappa shape index (κ3) is 3.72. The van der Waals surface area contributed by atoms with Crippen LogP contribution in [0.4, 0.5) is 22.0 Å². The molecule has 3 N–H and O–H groups in total. The average molecular weight is 282 g/mol. The second-order valence-electron chi connectivity index (χ2n) is 5.24. The van der Waals surface area contributed by atoms with Crippen molar-refractivity contribution in [2.75, 3.05) is 10.6 Å². The number of carbonyl (C=O) groups is 1. The van der Waals surface area contributed by atoms with Crippen molar-refractivity contribution in [3.63, 3.8) is 0 Å². The highest BCUT2D eigenvalue weighted by atomic mass is 16.2. The summed E-state index contributed by atoms with van der Waals surface area (Å²) < 4.78 is 0. The van der Waals surface area contributed by atoms with Crippen LogP contribution in [0.5, 0.6) is 0 Å². The van der Waals surface area contributed by atoms with Crippen LogP contribution < -0.4 is 16.0 Å². The lowest BCUT2D eigenvalue weighted by molar-refractivity contribution is 0.251. The molecule has 0 bridgehead atoms. The minimum Gasteiger partial charge on any atom is -0.354 e. The van der Waals surface area contributed by atoms with Gasteiger partial charge in [0.1, 0.15) is 5.82 Å². The summed E-state index contributed by atoms with van der Waals surface area (Å²) in [7, 11) is 0. The number of anilines is 3. The molecule has 3 rings (SSSR count). The van der Waals surface area contributed by atoms with Crippen LogP contribution >= 0.6 is 0 Å². The SMILES string of the molecule is Cc1ccccc1Nc1ccc(NC(=O)NC2CC2)nc1. The molecule has 0 radical (unpaired) electrons. The van der Waals surface area contributed by atoms with E-state index in [1.54, 1.807) is 12.3 Å². The van der Waals surface area contributed by atoms with Crippen molar-refractivity contribution >= 4 is 23.2 Å². The number of nitrogens with one attached hydrogen (secondary N) is 3. The summed E-state index contributed by atoms with van der Waals surface area (Å²) in [5.74, 6) is 0.545. The minimum atomic E-state index is -0.190. The largest absolute Gasteiger partial charge is 0.354 e. The van der Waals surface area contributed by atoms with Crippen molar-refractivity contribution in [1.29, 1.82) is 0 Å². The van der Waals surface area contributed by atoms with E-state index in [1.165, 1.54) is 5.56 Å². The van der Waals surface area contributed by atoms with E-state index in [2.05, 4.69) is 20.9 Å². The number of rotatable bonds is 4. The van der Waals surface area contributed by atoms with Crippen LogP contribution in [-0.2, 0) is 0 Å². The van der Waals surface area contributed by atoms with Gasteiger partial charge in [-0.3, -0.25) is 5.32 Å². The number of amides is 2. The van der Waals surface area contributed by atoms with Crippen LogP contribution in [0.25, 0.3) is 0 Å². The van der Waals surface area contributed by atoms with E-state index in [-0.39, 0.29) is 6.03 Å². The Hall–Kier alpha value is -2.56. The fourth-order valence-electron chi connectivity index (χ4n) is 1.98. The molecule has 1 saturated carbocycles. The summed E-state index contributed by atoms with van der Waals surface area (Å²) in [6.07, 6.45) is 3.85. The van der Waals surface area contributed by atoms with Gasteiger partial charge in [0.05, 0.1) is 11.9 Å². The van der Waals surface area contributed by atoms with Gasteiger partial charge in [-0.15, -0.1) is 0 Å². The highest BCUT2D eigenvalue weighted by molar-refractivity contribution is 5.88. The summed E-state index contributed by atoms with van der Waals surface area (Å²) in [6, 6.07) is 11.9. The Kier molecular flexibility index (Phi) is 3.73. The van der Waals surface area contributed by atoms with Crippen molar-refractivity contribution in [2.24, 2.45) is 0 Å². The second kappa shape index (κ2) is 5.83. The molecule has 1 fully saturated rings. The van der Waals surface area contributed by atoms with Gasteiger partial charge in [-0.1, -0.05) is 18.2 Å². The highest BCUT2D eigenvalue weighted by Gasteiger charge is 2.23. The van der Waals surface area contributed by atoms with Crippen LogP contribution in [0.3, 0.4) is 0 Å². The maximum absolute atomic E-state index is 11.6. The molecule has 1 aromatic carbocycles. The number of aromatic nitrogens is 1. The molecule has 0 atom stereocenters. The van der Waals surface area contributed by atoms with Gasteiger partial charge in [-0.2, -0.15) is 0 Å². The first-order valence-corrected chi connectivity index (χ1v) is 7.07. The molecule has 0 saturated heterocycles. The van der Waals surface area contributed by atoms with E-state index in [0.717, 1.165) is 24.2 Å². The molecule has 1 aromatic heterocycles. The van der Waals surface area contributed by atoms with E-state index >= 15 is 0 Å².